The first-order valence-electron chi connectivity index (χ1n) is 6.79. The van der Waals surface area contributed by atoms with Crippen LogP contribution in [0.1, 0.15) is 30.4 Å². The molecule has 2 aromatic rings. The first-order chi connectivity index (χ1) is 9.56. The van der Waals surface area contributed by atoms with Gasteiger partial charge in [-0.25, -0.2) is 0 Å². The van der Waals surface area contributed by atoms with Crippen LogP contribution >= 0.6 is 0 Å². The van der Waals surface area contributed by atoms with E-state index in [2.05, 4.69) is 15.1 Å². The standard InChI is InChI=1S/C15H21N3O2/c1-11-16-17-15(20-11)13-8-6-12(7-9-13)14(19)5-4-10-18(2)3/h6-9,14,19H,4-5,10H2,1-3H3. The number of rotatable bonds is 6. The number of nitrogens with zero attached hydrogens (tertiary/aromatic N) is 3. The van der Waals surface area contributed by atoms with Gasteiger partial charge in [0.2, 0.25) is 11.8 Å². The molecule has 0 aliphatic heterocycles. The quantitative estimate of drug-likeness (QED) is 0.877. The fraction of sp³-hybridized carbons (Fsp3) is 0.467. The largest absolute Gasteiger partial charge is 0.421 e. The van der Waals surface area contributed by atoms with Gasteiger partial charge in [0, 0.05) is 12.5 Å². The highest BCUT2D eigenvalue weighted by atomic mass is 16.4. The van der Waals surface area contributed by atoms with Crippen LogP contribution in [-0.2, 0) is 0 Å². The van der Waals surface area contributed by atoms with E-state index in [1.54, 1.807) is 6.92 Å². The number of hydrogen-bond donors (Lipinski definition) is 1. The van der Waals surface area contributed by atoms with E-state index >= 15 is 0 Å². The lowest BCUT2D eigenvalue weighted by atomic mass is 10.0. The molecule has 1 N–H and O–H groups in total. The summed E-state index contributed by atoms with van der Waals surface area (Å²) in [7, 11) is 4.07. The zero-order chi connectivity index (χ0) is 14.5. The molecule has 5 nitrogen and oxygen atoms in total. The van der Waals surface area contributed by atoms with Crippen LogP contribution in [0.15, 0.2) is 28.7 Å². The molecule has 0 saturated heterocycles. The zero-order valence-electron chi connectivity index (χ0n) is 12.2. The van der Waals surface area contributed by atoms with Gasteiger partial charge in [-0.3, -0.25) is 0 Å². The lowest BCUT2D eigenvalue weighted by molar-refractivity contribution is 0.160. The van der Waals surface area contributed by atoms with E-state index in [-0.39, 0.29) is 0 Å². The number of benzene rings is 1. The Balaban J connectivity index is 1.97. The lowest BCUT2D eigenvalue weighted by Crippen LogP contribution is -2.13. The Bertz CT molecular complexity index is 534. The fourth-order valence-corrected chi connectivity index (χ4v) is 2.03. The molecular formula is C15H21N3O2. The maximum Gasteiger partial charge on any atom is 0.247 e. The van der Waals surface area contributed by atoms with Crippen LogP contribution in [0.2, 0.25) is 0 Å². The van der Waals surface area contributed by atoms with E-state index < -0.39 is 6.10 Å². The van der Waals surface area contributed by atoms with E-state index in [1.807, 2.05) is 38.4 Å². The average molecular weight is 275 g/mol. The molecule has 20 heavy (non-hydrogen) atoms. The molecule has 0 aliphatic rings. The summed E-state index contributed by atoms with van der Waals surface area (Å²) in [4.78, 5) is 2.12. The second kappa shape index (κ2) is 6.63. The number of aromatic nitrogens is 2. The predicted octanol–water partition coefficient (Wildman–Crippen LogP) is 2.42. The Kier molecular flexibility index (Phi) is 4.87. The molecule has 0 bridgehead atoms. The van der Waals surface area contributed by atoms with Crippen molar-refractivity contribution in [3.63, 3.8) is 0 Å². The van der Waals surface area contributed by atoms with Crippen molar-refractivity contribution < 1.29 is 9.52 Å². The zero-order valence-corrected chi connectivity index (χ0v) is 12.2. The summed E-state index contributed by atoms with van der Waals surface area (Å²) in [5.41, 5.74) is 1.79. The normalized spacial score (nSPS) is 12.8. The third-order valence-corrected chi connectivity index (χ3v) is 3.15. The molecule has 1 heterocycles. The van der Waals surface area contributed by atoms with Crippen LogP contribution in [0, 0.1) is 6.92 Å². The lowest BCUT2D eigenvalue weighted by Gasteiger charge is -2.13. The molecule has 1 aromatic carbocycles. The van der Waals surface area contributed by atoms with Crippen LogP contribution in [0.3, 0.4) is 0 Å². The van der Waals surface area contributed by atoms with Gasteiger partial charge in [-0.2, -0.15) is 0 Å². The van der Waals surface area contributed by atoms with Gasteiger partial charge in [0.15, 0.2) is 0 Å². The molecule has 0 radical (unpaired) electrons. The topological polar surface area (TPSA) is 62.4 Å². The number of aryl methyl sites for hydroxylation is 1. The summed E-state index contributed by atoms with van der Waals surface area (Å²) in [6.07, 6.45) is 1.31. The van der Waals surface area contributed by atoms with E-state index in [4.69, 9.17) is 4.42 Å². The Hall–Kier alpha value is -1.72. The molecule has 1 unspecified atom stereocenters. The minimum absolute atomic E-state index is 0.423. The van der Waals surface area contributed by atoms with E-state index in [9.17, 15) is 5.11 Å². The van der Waals surface area contributed by atoms with Gasteiger partial charge < -0.3 is 14.4 Å². The van der Waals surface area contributed by atoms with Crippen molar-refractivity contribution in [2.45, 2.75) is 25.9 Å². The predicted molar refractivity (Wildman–Crippen MR) is 77.2 cm³/mol. The molecule has 2 rings (SSSR count). The van der Waals surface area contributed by atoms with Crippen molar-refractivity contribution in [3.05, 3.63) is 35.7 Å². The summed E-state index contributed by atoms with van der Waals surface area (Å²) in [5, 5.41) is 17.9. The van der Waals surface area contributed by atoms with E-state index in [0.717, 1.165) is 30.5 Å². The maximum atomic E-state index is 10.1. The molecule has 1 aromatic heterocycles. The van der Waals surface area contributed by atoms with Crippen LogP contribution in [0.4, 0.5) is 0 Å². The highest BCUT2D eigenvalue weighted by molar-refractivity contribution is 5.53. The molecule has 0 amide bonds. The van der Waals surface area contributed by atoms with Crippen LogP contribution in [-0.4, -0.2) is 40.8 Å². The van der Waals surface area contributed by atoms with Gasteiger partial charge in [-0.15, -0.1) is 10.2 Å². The monoisotopic (exact) mass is 275 g/mol. The van der Waals surface area contributed by atoms with Crippen molar-refractivity contribution >= 4 is 0 Å². The van der Waals surface area contributed by atoms with Crippen molar-refractivity contribution in [3.8, 4) is 11.5 Å². The maximum absolute atomic E-state index is 10.1. The Morgan fingerprint density at radius 1 is 1.20 bits per heavy atom. The Morgan fingerprint density at radius 2 is 1.90 bits per heavy atom. The molecule has 5 heteroatoms. The number of aliphatic hydroxyl groups excluding tert-OH is 1. The fourth-order valence-electron chi connectivity index (χ4n) is 2.03. The Labute approximate surface area is 119 Å². The summed E-state index contributed by atoms with van der Waals surface area (Å²) >= 11 is 0. The average Bonchev–Trinajstić information content (AvgIpc) is 2.85. The summed E-state index contributed by atoms with van der Waals surface area (Å²) in [5.74, 6) is 1.06. The summed E-state index contributed by atoms with van der Waals surface area (Å²) in [6, 6.07) is 7.62. The molecule has 1 atom stereocenters. The van der Waals surface area contributed by atoms with Crippen molar-refractivity contribution in [1.82, 2.24) is 15.1 Å². The van der Waals surface area contributed by atoms with Gasteiger partial charge >= 0.3 is 0 Å². The summed E-state index contributed by atoms with van der Waals surface area (Å²) in [6.45, 7) is 2.75. The first kappa shape index (κ1) is 14.7. The van der Waals surface area contributed by atoms with Crippen molar-refractivity contribution in [2.24, 2.45) is 0 Å². The molecule has 108 valence electrons. The second-order valence-electron chi connectivity index (χ2n) is 5.21. The van der Waals surface area contributed by atoms with Gasteiger partial charge in [0.1, 0.15) is 0 Å². The minimum atomic E-state index is -0.423. The third kappa shape index (κ3) is 3.88. The Morgan fingerprint density at radius 3 is 2.45 bits per heavy atom. The smallest absolute Gasteiger partial charge is 0.247 e. The van der Waals surface area contributed by atoms with E-state index in [0.29, 0.717) is 11.8 Å². The molecule has 0 aliphatic carbocycles. The van der Waals surface area contributed by atoms with Crippen LogP contribution in [0.25, 0.3) is 11.5 Å². The SMILES string of the molecule is Cc1nnc(-c2ccc(C(O)CCCN(C)C)cc2)o1. The molecule has 0 saturated carbocycles. The van der Waals surface area contributed by atoms with Gasteiger partial charge in [0.25, 0.3) is 0 Å². The molecule has 0 spiro atoms. The second-order valence-corrected chi connectivity index (χ2v) is 5.21. The third-order valence-electron chi connectivity index (χ3n) is 3.15. The molecule has 0 fully saturated rings. The van der Waals surface area contributed by atoms with Crippen molar-refractivity contribution in [2.75, 3.05) is 20.6 Å². The van der Waals surface area contributed by atoms with Gasteiger partial charge in [-0.05, 0) is 51.2 Å². The first-order valence-corrected chi connectivity index (χ1v) is 6.79. The van der Waals surface area contributed by atoms with Crippen LogP contribution in [0.5, 0.6) is 0 Å². The highest BCUT2D eigenvalue weighted by Gasteiger charge is 2.10. The van der Waals surface area contributed by atoms with Crippen molar-refractivity contribution in [1.29, 1.82) is 0 Å². The highest BCUT2D eigenvalue weighted by Crippen LogP contribution is 2.23. The molecular weight excluding hydrogens is 254 g/mol. The number of hydrogen-bond acceptors (Lipinski definition) is 5. The van der Waals surface area contributed by atoms with Crippen LogP contribution < -0.4 is 0 Å². The van der Waals surface area contributed by atoms with Gasteiger partial charge in [0.05, 0.1) is 6.10 Å². The summed E-state index contributed by atoms with van der Waals surface area (Å²) < 4.78 is 5.37. The minimum Gasteiger partial charge on any atom is -0.421 e. The van der Waals surface area contributed by atoms with E-state index in [1.165, 1.54) is 0 Å². The number of aliphatic hydroxyl groups is 1. The van der Waals surface area contributed by atoms with Gasteiger partial charge in [-0.1, -0.05) is 12.1 Å².